The van der Waals surface area contributed by atoms with Crippen molar-refractivity contribution in [3.8, 4) is 5.75 Å². The van der Waals surface area contributed by atoms with E-state index in [1.807, 2.05) is 25.7 Å². The fraction of sp³-hybridized carbons (Fsp3) is 0.536. The predicted octanol–water partition coefficient (Wildman–Crippen LogP) is 3.70. The van der Waals surface area contributed by atoms with E-state index in [0.29, 0.717) is 30.1 Å². The Kier molecular flexibility index (Phi) is 6.67. The van der Waals surface area contributed by atoms with E-state index in [2.05, 4.69) is 19.9 Å². The third-order valence-corrected chi connectivity index (χ3v) is 8.75. The number of aromatic nitrogens is 4. The molecule has 3 aliphatic rings. The Balaban J connectivity index is 1.25. The van der Waals surface area contributed by atoms with E-state index in [4.69, 9.17) is 9.72 Å². The fourth-order valence-electron chi connectivity index (χ4n) is 5.60. The van der Waals surface area contributed by atoms with E-state index in [1.165, 1.54) is 0 Å². The van der Waals surface area contributed by atoms with Crippen molar-refractivity contribution in [1.29, 1.82) is 0 Å². The largest absolute Gasteiger partial charge is 0.482 e. The van der Waals surface area contributed by atoms with Crippen LogP contribution in [0.4, 0.5) is 0 Å². The van der Waals surface area contributed by atoms with Gasteiger partial charge in [-0.2, -0.15) is 0 Å². The molecular formula is C28H34N6O3S. The van der Waals surface area contributed by atoms with Gasteiger partial charge >= 0.3 is 0 Å². The van der Waals surface area contributed by atoms with Crippen molar-refractivity contribution < 1.29 is 14.3 Å². The number of imidazole rings is 1. The highest BCUT2D eigenvalue weighted by atomic mass is 32.1. The molecule has 0 saturated heterocycles. The number of nitrogens with one attached hydrogen (secondary N) is 1. The molecule has 1 aliphatic carbocycles. The summed E-state index contributed by atoms with van der Waals surface area (Å²) >= 11 is 1.66. The van der Waals surface area contributed by atoms with Crippen LogP contribution in [-0.2, 0) is 30.6 Å². The number of carbonyl (C=O) groups excluding carboxylic acids is 2. The first-order valence-corrected chi connectivity index (χ1v) is 14.5. The average molecular weight is 535 g/mol. The van der Waals surface area contributed by atoms with Crippen molar-refractivity contribution in [3.05, 3.63) is 56.3 Å². The molecule has 0 unspecified atom stereocenters. The van der Waals surface area contributed by atoms with Crippen LogP contribution < -0.4 is 10.1 Å². The number of pyridine rings is 1. The number of thiazole rings is 1. The van der Waals surface area contributed by atoms with Crippen LogP contribution in [-0.4, -0.2) is 55.4 Å². The average Bonchev–Trinajstić information content (AvgIpc) is 3.56. The highest BCUT2D eigenvalue weighted by Crippen LogP contribution is 2.41. The zero-order valence-electron chi connectivity index (χ0n) is 22.2. The molecular weight excluding hydrogens is 500 g/mol. The topological polar surface area (TPSA) is 102 Å². The summed E-state index contributed by atoms with van der Waals surface area (Å²) in [6, 6.07) is 3.50. The summed E-state index contributed by atoms with van der Waals surface area (Å²) < 4.78 is 8.40. The molecule has 1 atom stereocenters. The Labute approximate surface area is 226 Å². The lowest BCUT2D eigenvalue weighted by atomic mass is 9.99. The second-order valence-corrected chi connectivity index (χ2v) is 11.7. The van der Waals surface area contributed by atoms with Crippen LogP contribution in [0.1, 0.15) is 87.6 Å². The Hall–Kier alpha value is -3.27. The van der Waals surface area contributed by atoms with Gasteiger partial charge in [0.1, 0.15) is 23.3 Å². The van der Waals surface area contributed by atoms with Crippen LogP contribution in [0.25, 0.3) is 0 Å². The summed E-state index contributed by atoms with van der Waals surface area (Å²) in [6.45, 7) is 7.45. The van der Waals surface area contributed by atoms with Crippen LogP contribution in [0.3, 0.4) is 0 Å². The van der Waals surface area contributed by atoms with Crippen LogP contribution in [0.5, 0.6) is 5.75 Å². The van der Waals surface area contributed by atoms with Gasteiger partial charge in [-0.05, 0) is 58.1 Å². The molecule has 5 heterocycles. The molecule has 3 aromatic rings. The zero-order chi connectivity index (χ0) is 26.4. The molecule has 0 aromatic carbocycles. The molecule has 1 saturated carbocycles. The maximum atomic E-state index is 13.7. The Morgan fingerprint density at radius 2 is 1.95 bits per heavy atom. The van der Waals surface area contributed by atoms with Gasteiger partial charge in [-0.25, -0.2) is 15.0 Å². The Bertz CT molecular complexity index is 1390. The lowest BCUT2D eigenvalue weighted by Gasteiger charge is -2.36. The van der Waals surface area contributed by atoms with Crippen molar-refractivity contribution in [2.24, 2.45) is 0 Å². The number of carbonyl (C=O) groups is 2. The van der Waals surface area contributed by atoms with Gasteiger partial charge in [0.25, 0.3) is 11.8 Å². The number of fused-ring (bicyclic) bond motifs is 3. The minimum Gasteiger partial charge on any atom is -0.482 e. The zero-order valence-corrected chi connectivity index (χ0v) is 23.1. The molecule has 9 nitrogen and oxygen atoms in total. The minimum absolute atomic E-state index is 0.0740. The third-order valence-electron chi connectivity index (χ3n) is 7.63. The molecule has 0 bridgehead atoms. The van der Waals surface area contributed by atoms with Gasteiger partial charge in [0.05, 0.1) is 32.7 Å². The van der Waals surface area contributed by atoms with Crippen LogP contribution in [0.15, 0.2) is 12.1 Å². The Morgan fingerprint density at radius 3 is 2.68 bits per heavy atom. The maximum Gasteiger partial charge on any atom is 0.270 e. The lowest BCUT2D eigenvalue weighted by Crippen LogP contribution is -2.43. The van der Waals surface area contributed by atoms with E-state index >= 15 is 0 Å². The number of aryl methyl sites for hydroxylation is 4. The first-order valence-electron chi connectivity index (χ1n) is 13.7. The van der Waals surface area contributed by atoms with Crippen molar-refractivity contribution in [1.82, 2.24) is 29.7 Å². The highest BCUT2D eigenvalue weighted by Gasteiger charge is 2.39. The molecule has 10 heteroatoms. The fourth-order valence-corrected chi connectivity index (χ4v) is 6.64. The summed E-state index contributed by atoms with van der Waals surface area (Å²) in [7, 11) is 0. The van der Waals surface area contributed by atoms with Crippen molar-refractivity contribution in [3.63, 3.8) is 0 Å². The van der Waals surface area contributed by atoms with E-state index in [1.54, 1.807) is 23.5 Å². The van der Waals surface area contributed by atoms with Crippen molar-refractivity contribution in [2.75, 3.05) is 13.2 Å². The number of ether oxygens (including phenoxy) is 1. The van der Waals surface area contributed by atoms with Gasteiger partial charge in [-0.3, -0.25) is 9.59 Å². The van der Waals surface area contributed by atoms with Crippen LogP contribution >= 0.6 is 11.3 Å². The number of amides is 2. The van der Waals surface area contributed by atoms with Gasteiger partial charge in [-0.1, -0.05) is 6.92 Å². The molecule has 1 fully saturated rings. The van der Waals surface area contributed by atoms with Gasteiger partial charge in [-0.15, -0.1) is 11.3 Å². The number of hydrogen-bond acceptors (Lipinski definition) is 7. The van der Waals surface area contributed by atoms with E-state index in [-0.39, 0.29) is 30.5 Å². The van der Waals surface area contributed by atoms with Gasteiger partial charge in [0.2, 0.25) is 0 Å². The summed E-state index contributed by atoms with van der Waals surface area (Å²) in [5.74, 6) is 1.45. The molecule has 6 rings (SSSR count). The molecule has 0 radical (unpaired) electrons. The van der Waals surface area contributed by atoms with Crippen LogP contribution in [0.2, 0.25) is 0 Å². The second-order valence-electron chi connectivity index (χ2n) is 10.4. The minimum atomic E-state index is -0.210. The SMILES string of the molecule is CCc1nc(C(=O)NC2CC2)ccc1OCC(=O)N1CCc2nc3n(c2[C@@H]1c1sc(C)nc1C)CCCC3. The summed E-state index contributed by atoms with van der Waals surface area (Å²) in [4.78, 5) is 43.5. The second kappa shape index (κ2) is 10.1. The third kappa shape index (κ3) is 4.70. The van der Waals surface area contributed by atoms with Gasteiger partial charge < -0.3 is 19.5 Å². The summed E-state index contributed by atoms with van der Waals surface area (Å²) in [5.41, 5.74) is 4.29. The highest BCUT2D eigenvalue weighted by molar-refractivity contribution is 7.11. The molecule has 38 heavy (non-hydrogen) atoms. The summed E-state index contributed by atoms with van der Waals surface area (Å²) in [6.07, 6.45) is 6.66. The molecule has 3 aromatic heterocycles. The van der Waals surface area contributed by atoms with Crippen LogP contribution in [0, 0.1) is 13.8 Å². The monoisotopic (exact) mass is 534 g/mol. The maximum absolute atomic E-state index is 13.7. The number of nitrogens with zero attached hydrogens (tertiary/aromatic N) is 5. The smallest absolute Gasteiger partial charge is 0.270 e. The van der Waals surface area contributed by atoms with E-state index in [0.717, 1.165) is 77.9 Å². The van der Waals surface area contributed by atoms with Crippen molar-refractivity contribution >= 4 is 23.2 Å². The molecule has 2 amide bonds. The standard InChI is InChI=1S/C28H34N6O3S/c1-4-19-22(11-10-21(31-19)28(36)30-18-8-9-18)37-15-24(35)34-14-12-20-25(33-13-6-5-7-23(33)32-20)26(34)27-16(2)29-17(3)38-27/h10-11,18,26H,4-9,12-15H2,1-3H3,(H,30,36)/t26-/m1/s1. The number of hydrogen-bond donors (Lipinski definition) is 1. The lowest BCUT2D eigenvalue weighted by molar-refractivity contribution is -0.135. The molecule has 0 spiro atoms. The van der Waals surface area contributed by atoms with Gasteiger partial charge in [0, 0.05) is 32.0 Å². The quantitative estimate of drug-likeness (QED) is 0.496. The molecule has 2 aliphatic heterocycles. The first kappa shape index (κ1) is 25.0. The van der Waals surface area contributed by atoms with E-state index < -0.39 is 0 Å². The predicted molar refractivity (Wildman–Crippen MR) is 144 cm³/mol. The van der Waals surface area contributed by atoms with E-state index in [9.17, 15) is 9.59 Å². The normalized spacial score (nSPS) is 18.6. The summed E-state index contributed by atoms with van der Waals surface area (Å²) in [5, 5.41) is 3.97. The number of rotatable bonds is 7. The Morgan fingerprint density at radius 1 is 1.11 bits per heavy atom. The first-order chi connectivity index (χ1) is 18.4. The molecule has 1 N–H and O–H groups in total. The molecule has 200 valence electrons. The van der Waals surface area contributed by atoms with Gasteiger partial charge in [0.15, 0.2) is 6.61 Å². The van der Waals surface area contributed by atoms with Crippen molar-refractivity contribution in [2.45, 2.75) is 84.3 Å².